The number of nitrogens with one attached hydrogen (secondary N) is 2. The van der Waals surface area contributed by atoms with E-state index < -0.39 is 35.8 Å². The van der Waals surface area contributed by atoms with E-state index in [1.54, 1.807) is 30.3 Å². The van der Waals surface area contributed by atoms with Crippen molar-refractivity contribution >= 4 is 52.8 Å². The summed E-state index contributed by atoms with van der Waals surface area (Å²) in [4.78, 5) is 11.7. The number of carbonyl (C=O) groups is 1. The van der Waals surface area contributed by atoms with E-state index >= 15 is 0 Å². The minimum atomic E-state index is -4.55. The molecule has 0 bridgehead atoms. The van der Waals surface area contributed by atoms with E-state index in [0.717, 1.165) is 0 Å². The molecule has 0 saturated heterocycles. The zero-order valence-electron chi connectivity index (χ0n) is 19.2. The van der Waals surface area contributed by atoms with Crippen LogP contribution in [0.2, 0.25) is 0 Å². The average molecular weight is 624 g/mol. The summed E-state index contributed by atoms with van der Waals surface area (Å²) in [6, 6.07) is 14.0. The van der Waals surface area contributed by atoms with Gasteiger partial charge in [-0.3, -0.25) is 4.79 Å². The first-order chi connectivity index (χ1) is 17.2. The van der Waals surface area contributed by atoms with Crippen molar-refractivity contribution in [3.05, 3.63) is 71.3 Å². The van der Waals surface area contributed by atoms with Gasteiger partial charge in [0.1, 0.15) is 24.5 Å². The van der Waals surface area contributed by atoms with Gasteiger partial charge in [0.2, 0.25) is 0 Å². The van der Waals surface area contributed by atoms with Gasteiger partial charge >= 0.3 is 29.4 Å². The van der Waals surface area contributed by atoms with Crippen LogP contribution < -0.4 is 10.6 Å². The smallest absolute Gasteiger partial charge is 0.741 e. The van der Waals surface area contributed by atoms with Gasteiger partial charge in [-0.05, 0) is 17.3 Å². The molecule has 2 aromatic carbocycles. The number of ketones is 1. The minimum absolute atomic E-state index is 0. The molecule has 38 heavy (non-hydrogen) atoms. The molecule has 0 aliphatic carbocycles. The van der Waals surface area contributed by atoms with Crippen LogP contribution in [-0.2, 0) is 42.3 Å². The van der Waals surface area contributed by atoms with Crippen LogP contribution in [-0.4, -0.2) is 53.0 Å². The monoisotopic (exact) mass is 623 g/mol. The number of halogens is 6. The van der Waals surface area contributed by atoms with Crippen molar-refractivity contribution in [2.75, 3.05) is 13.1 Å². The van der Waals surface area contributed by atoms with Crippen molar-refractivity contribution in [3.63, 3.8) is 0 Å². The number of alkyl halides is 6. The Kier molecular flexibility index (Phi) is 12.8. The molecule has 0 amide bonds. The summed E-state index contributed by atoms with van der Waals surface area (Å²) in [7, 11) is 0. The fraction of sp³-hybridized carbons (Fsp3) is 0.227. The Bertz CT molecular complexity index is 1200. The average Bonchev–Trinajstić information content (AvgIpc) is 2.83. The predicted molar refractivity (Wildman–Crippen MR) is 134 cm³/mol. The van der Waals surface area contributed by atoms with Crippen molar-refractivity contribution < 1.29 is 48.2 Å². The molecule has 207 valence electrons. The van der Waals surface area contributed by atoms with Gasteiger partial charge < -0.3 is 35.9 Å². The number of hydrogen-bond acceptors (Lipinski definition) is 7. The second-order valence-corrected chi connectivity index (χ2v) is 7.92. The first kappa shape index (κ1) is 33.0. The second kappa shape index (κ2) is 14.8. The van der Waals surface area contributed by atoms with Crippen LogP contribution in [0.15, 0.2) is 75.0 Å². The zero-order chi connectivity index (χ0) is 27.6. The molecule has 0 spiro atoms. The van der Waals surface area contributed by atoms with Gasteiger partial charge in [0.15, 0.2) is 5.78 Å². The molecule has 0 unspecified atom stereocenters. The number of rotatable bonds is 8. The van der Waals surface area contributed by atoms with Gasteiger partial charge in [0, 0.05) is 16.7 Å². The summed E-state index contributed by atoms with van der Waals surface area (Å²) in [6.07, 6.45) is -9.10. The molecule has 0 aliphatic rings. The van der Waals surface area contributed by atoms with Crippen LogP contribution in [0.25, 0.3) is 0 Å². The normalized spacial score (nSPS) is 13.6. The van der Waals surface area contributed by atoms with Gasteiger partial charge in [-0.1, -0.05) is 54.6 Å². The van der Waals surface area contributed by atoms with E-state index in [2.05, 4.69) is 20.4 Å². The standard InChI is InChI=1S/C22H20F6N6OS2.Cu/c1-13(35)14-7-9-16(10-8-14)18(32-34-20(37)30-12-22(26,27)28)17(15-5-3-2-4-6-15)31-33-19(36)29-11-21(23,24)25;/h2-10H,11-12H2,1H3,(H2,29,33,36)(H2,30,34,37);/q;+2/p-2/b31-17+,32-18+;. The van der Waals surface area contributed by atoms with E-state index in [9.17, 15) is 31.1 Å². The number of carbonyl (C=O) groups excluding carboxylic acids is 1. The number of nitrogens with zero attached hydrogens (tertiary/aromatic N) is 4. The maximum Gasteiger partial charge on any atom is 2.00 e. The van der Waals surface area contributed by atoms with Gasteiger partial charge in [-0.2, -0.15) is 36.5 Å². The zero-order valence-corrected chi connectivity index (χ0v) is 21.8. The molecule has 7 nitrogen and oxygen atoms in total. The Labute approximate surface area is 235 Å². The molecule has 16 heteroatoms. The summed E-state index contributed by atoms with van der Waals surface area (Å²) in [5, 5.41) is 17.8. The summed E-state index contributed by atoms with van der Waals surface area (Å²) in [5.41, 5.74) is 0.959. The second-order valence-electron chi connectivity index (χ2n) is 7.14. The Balaban J connectivity index is 0.00000722. The quantitative estimate of drug-likeness (QED) is 0.0879. The number of amidine groups is 2. The van der Waals surface area contributed by atoms with E-state index in [4.69, 9.17) is 25.3 Å². The molecule has 0 heterocycles. The maximum absolute atomic E-state index is 12.5. The largest absolute Gasteiger partial charge is 2.00 e. The van der Waals surface area contributed by atoms with E-state index in [-0.39, 0.29) is 34.3 Å². The summed E-state index contributed by atoms with van der Waals surface area (Å²) in [5.74, 6) is -0.222. The number of hydrogen-bond donors (Lipinski definition) is 2. The molecule has 0 aromatic heterocycles. The number of Topliss-reactive ketones (excluding diaryl/α,β-unsaturated/α-hetero) is 1. The molecular weight excluding hydrogens is 606 g/mol. The van der Waals surface area contributed by atoms with Crippen molar-refractivity contribution in [3.8, 4) is 0 Å². The van der Waals surface area contributed by atoms with Gasteiger partial charge in [0.25, 0.3) is 0 Å². The van der Waals surface area contributed by atoms with Gasteiger partial charge in [-0.25, -0.2) is 0 Å². The third kappa shape index (κ3) is 12.0. The van der Waals surface area contributed by atoms with E-state index in [1.165, 1.54) is 31.2 Å². The van der Waals surface area contributed by atoms with Gasteiger partial charge in [-0.15, -0.1) is 10.2 Å². The molecule has 0 atom stereocenters. The molecule has 0 aliphatic heterocycles. The number of benzene rings is 2. The predicted octanol–water partition coefficient (Wildman–Crippen LogP) is 4.10. The fourth-order valence-electron chi connectivity index (χ4n) is 2.56. The summed E-state index contributed by atoms with van der Waals surface area (Å²) in [6.45, 7) is -1.52. The first-order valence-electron chi connectivity index (χ1n) is 10.2. The third-order valence-electron chi connectivity index (χ3n) is 4.20. The Morgan fingerprint density at radius 1 is 0.684 bits per heavy atom. The van der Waals surface area contributed by atoms with Crippen LogP contribution in [0.3, 0.4) is 0 Å². The fourth-order valence-corrected chi connectivity index (χ4v) is 2.78. The molecule has 2 aromatic rings. The van der Waals surface area contributed by atoms with Crippen LogP contribution >= 0.6 is 0 Å². The molecule has 2 N–H and O–H groups in total. The first-order valence-corrected chi connectivity index (χ1v) is 11.0. The molecule has 0 saturated carbocycles. The van der Waals surface area contributed by atoms with Gasteiger partial charge in [0.05, 0.1) is 0 Å². The van der Waals surface area contributed by atoms with Crippen LogP contribution in [0.4, 0.5) is 26.3 Å². The molecule has 0 fully saturated rings. The van der Waals surface area contributed by atoms with Crippen LogP contribution in [0.1, 0.15) is 28.4 Å². The molecular formula is C22H18CuF6N6OS2. The Morgan fingerprint density at radius 3 is 1.42 bits per heavy atom. The van der Waals surface area contributed by atoms with Crippen molar-refractivity contribution in [2.24, 2.45) is 20.4 Å². The van der Waals surface area contributed by atoms with E-state index in [1.807, 2.05) is 10.6 Å². The third-order valence-corrected chi connectivity index (χ3v) is 4.65. The Morgan fingerprint density at radius 2 is 1.05 bits per heavy atom. The van der Waals surface area contributed by atoms with Crippen LogP contribution in [0, 0.1) is 0 Å². The summed E-state index contributed by atoms with van der Waals surface area (Å²) < 4.78 is 75.0. The van der Waals surface area contributed by atoms with Crippen molar-refractivity contribution in [1.82, 2.24) is 10.6 Å². The maximum atomic E-state index is 12.5. The van der Waals surface area contributed by atoms with Crippen LogP contribution in [0.5, 0.6) is 0 Å². The SMILES string of the molecule is CC(=O)c1ccc(C(=N\N=C(/[S-])NCC(F)(F)F)/C(=N/N=C(\[S-])NCC(F)(F)F)c2ccccc2)cc1.[Cu+2]. The minimum Gasteiger partial charge on any atom is -0.741 e. The summed E-state index contributed by atoms with van der Waals surface area (Å²) >= 11 is 9.59. The Hall–Kier alpha value is -3.07. The van der Waals surface area contributed by atoms with Crippen molar-refractivity contribution in [1.29, 1.82) is 0 Å². The van der Waals surface area contributed by atoms with Crippen molar-refractivity contribution in [2.45, 2.75) is 19.3 Å². The molecule has 1 radical (unpaired) electrons. The van der Waals surface area contributed by atoms with E-state index in [0.29, 0.717) is 16.7 Å². The molecule has 2 rings (SSSR count). The topological polar surface area (TPSA) is 90.6 Å².